The van der Waals surface area contributed by atoms with E-state index in [4.69, 9.17) is 10.8 Å². The van der Waals surface area contributed by atoms with Gasteiger partial charge in [0.15, 0.2) is 0 Å². The molecule has 1 aliphatic rings. The van der Waals surface area contributed by atoms with Crippen molar-refractivity contribution in [2.24, 2.45) is 11.7 Å². The molecule has 0 aliphatic carbocycles. The van der Waals surface area contributed by atoms with Crippen molar-refractivity contribution in [3.8, 4) is 0 Å². The lowest BCUT2D eigenvalue weighted by Gasteiger charge is -2.40. The third-order valence-corrected chi connectivity index (χ3v) is 3.69. The summed E-state index contributed by atoms with van der Waals surface area (Å²) in [6.45, 7) is 2.16. The van der Waals surface area contributed by atoms with E-state index >= 15 is 0 Å². The Labute approximate surface area is 104 Å². The zero-order valence-corrected chi connectivity index (χ0v) is 11.1. The molecule has 0 bridgehead atoms. The quantitative estimate of drug-likeness (QED) is 0.714. The maximum Gasteiger partial charge on any atom is 0.304 e. The number of likely N-dealkylation sites (N-methyl/N-ethyl adjacent to an activating group) is 1. The molecule has 5 nitrogen and oxygen atoms in total. The summed E-state index contributed by atoms with van der Waals surface area (Å²) < 4.78 is 0. The van der Waals surface area contributed by atoms with Crippen LogP contribution in [0.15, 0.2) is 0 Å². The highest BCUT2D eigenvalue weighted by molar-refractivity contribution is 5.67. The first-order chi connectivity index (χ1) is 7.91. The number of nitrogens with zero attached hydrogens (tertiary/aromatic N) is 2. The first kappa shape index (κ1) is 14.4. The largest absolute Gasteiger partial charge is 0.481 e. The molecule has 0 radical (unpaired) electrons. The van der Waals surface area contributed by atoms with E-state index in [1.165, 1.54) is 0 Å². The third-order valence-electron chi connectivity index (χ3n) is 3.69. The summed E-state index contributed by atoms with van der Waals surface area (Å²) in [7, 11) is 6.10. The van der Waals surface area contributed by atoms with Crippen molar-refractivity contribution >= 4 is 5.97 Å². The van der Waals surface area contributed by atoms with Gasteiger partial charge in [-0.2, -0.15) is 0 Å². The van der Waals surface area contributed by atoms with Crippen molar-refractivity contribution < 1.29 is 9.90 Å². The molecule has 1 aliphatic heterocycles. The van der Waals surface area contributed by atoms with Crippen molar-refractivity contribution in [1.29, 1.82) is 0 Å². The first-order valence-corrected chi connectivity index (χ1v) is 6.24. The minimum absolute atomic E-state index is 0.0508. The highest BCUT2D eigenvalue weighted by atomic mass is 16.4. The summed E-state index contributed by atoms with van der Waals surface area (Å²) >= 11 is 0. The molecule has 2 atom stereocenters. The van der Waals surface area contributed by atoms with Gasteiger partial charge in [0.1, 0.15) is 0 Å². The third kappa shape index (κ3) is 4.26. The molecule has 1 rings (SSSR count). The fraction of sp³-hybridized carbons (Fsp3) is 0.917. The van der Waals surface area contributed by atoms with Gasteiger partial charge in [-0.3, -0.25) is 4.79 Å². The number of piperidine rings is 1. The molecule has 5 heteroatoms. The molecule has 17 heavy (non-hydrogen) atoms. The fourth-order valence-corrected chi connectivity index (χ4v) is 2.85. The summed E-state index contributed by atoms with van der Waals surface area (Å²) in [5.41, 5.74) is 6.05. The number of nitrogens with two attached hydrogens (primary N) is 1. The highest BCUT2D eigenvalue weighted by Gasteiger charge is 2.32. The molecular formula is C12H25N3O2. The fourth-order valence-electron chi connectivity index (χ4n) is 2.85. The Morgan fingerprint density at radius 2 is 2.00 bits per heavy atom. The summed E-state index contributed by atoms with van der Waals surface area (Å²) in [6.07, 6.45) is 2.26. The molecule has 0 aromatic carbocycles. The van der Waals surface area contributed by atoms with Crippen LogP contribution in [-0.4, -0.2) is 67.2 Å². The number of rotatable bonds is 5. The van der Waals surface area contributed by atoms with Gasteiger partial charge in [0.2, 0.25) is 0 Å². The second-order valence-corrected chi connectivity index (χ2v) is 5.36. The molecule has 1 fully saturated rings. The smallest absolute Gasteiger partial charge is 0.304 e. The van der Waals surface area contributed by atoms with Crippen molar-refractivity contribution in [3.63, 3.8) is 0 Å². The molecule has 1 heterocycles. The number of aliphatic carboxylic acids is 1. The van der Waals surface area contributed by atoms with E-state index in [0.717, 1.165) is 25.9 Å². The molecule has 100 valence electrons. The highest BCUT2D eigenvalue weighted by Crippen LogP contribution is 2.24. The lowest BCUT2D eigenvalue weighted by Crippen LogP contribution is -2.52. The molecular weight excluding hydrogens is 218 g/mol. The Kier molecular flexibility index (Phi) is 5.36. The predicted molar refractivity (Wildman–Crippen MR) is 67.9 cm³/mol. The Morgan fingerprint density at radius 3 is 2.41 bits per heavy atom. The zero-order valence-electron chi connectivity index (χ0n) is 11.1. The number of carboxylic acid groups (broad SMARTS) is 1. The van der Waals surface area contributed by atoms with E-state index in [-0.39, 0.29) is 18.5 Å². The van der Waals surface area contributed by atoms with Crippen LogP contribution in [0, 0.1) is 5.92 Å². The molecule has 0 aromatic heterocycles. The zero-order chi connectivity index (χ0) is 13.0. The Balaban J connectivity index is 2.61. The minimum atomic E-state index is -0.808. The van der Waals surface area contributed by atoms with Crippen LogP contribution in [0.2, 0.25) is 0 Å². The van der Waals surface area contributed by atoms with Gasteiger partial charge in [-0.05, 0) is 53.0 Å². The number of hydrogen-bond acceptors (Lipinski definition) is 4. The Morgan fingerprint density at radius 1 is 1.47 bits per heavy atom. The molecule has 3 N–H and O–H groups in total. The van der Waals surface area contributed by atoms with E-state index in [1.807, 2.05) is 14.1 Å². The van der Waals surface area contributed by atoms with Crippen LogP contribution in [0.3, 0.4) is 0 Å². The summed E-state index contributed by atoms with van der Waals surface area (Å²) in [5, 5.41) is 8.85. The standard InChI is InChI=1S/C12H25N3O2/c1-14(2)12(10(13)8-11(16)17)9-4-6-15(3)7-5-9/h9-10,12H,4-8,13H2,1-3H3,(H,16,17). The van der Waals surface area contributed by atoms with Crippen molar-refractivity contribution in [1.82, 2.24) is 9.80 Å². The van der Waals surface area contributed by atoms with Crippen LogP contribution in [0.4, 0.5) is 0 Å². The maximum atomic E-state index is 10.8. The minimum Gasteiger partial charge on any atom is -0.481 e. The van der Waals surface area contributed by atoms with Crippen molar-refractivity contribution in [3.05, 3.63) is 0 Å². The first-order valence-electron chi connectivity index (χ1n) is 6.24. The van der Waals surface area contributed by atoms with E-state index in [0.29, 0.717) is 5.92 Å². The average molecular weight is 243 g/mol. The van der Waals surface area contributed by atoms with Crippen LogP contribution in [0.1, 0.15) is 19.3 Å². The lowest BCUT2D eigenvalue weighted by atomic mass is 9.84. The van der Waals surface area contributed by atoms with Crippen LogP contribution < -0.4 is 5.73 Å². The van der Waals surface area contributed by atoms with Gasteiger partial charge in [-0.15, -0.1) is 0 Å². The lowest BCUT2D eigenvalue weighted by molar-refractivity contribution is -0.137. The van der Waals surface area contributed by atoms with Crippen LogP contribution in [-0.2, 0) is 4.79 Å². The summed E-state index contributed by atoms with van der Waals surface area (Å²) in [4.78, 5) is 15.2. The van der Waals surface area contributed by atoms with E-state index in [9.17, 15) is 4.79 Å². The van der Waals surface area contributed by atoms with Crippen LogP contribution in [0.5, 0.6) is 0 Å². The van der Waals surface area contributed by atoms with Gasteiger partial charge in [0.05, 0.1) is 6.42 Å². The molecule has 0 spiro atoms. The Hall–Kier alpha value is -0.650. The number of likely N-dealkylation sites (tertiary alicyclic amines) is 1. The van der Waals surface area contributed by atoms with Crippen molar-refractivity contribution in [2.45, 2.75) is 31.3 Å². The normalized spacial score (nSPS) is 22.6. The van der Waals surface area contributed by atoms with Gasteiger partial charge < -0.3 is 20.6 Å². The van der Waals surface area contributed by atoms with Gasteiger partial charge >= 0.3 is 5.97 Å². The molecule has 0 amide bonds. The number of carboxylic acids is 1. The van der Waals surface area contributed by atoms with Crippen LogP contribution >= 0.6 is 0 Å². The monoisotopic (exact) mass is 243 g/mol. The Bertz CT molecular complexity index is 250. The summed E-state index contributed by atoms with van der Waals surface area (Å²) in [5.74, 6) is -0.298. The van der Waals surface area contributed by atoms with Gasteiger partial charge in [-0.1, -0.05) is 0 Å². The van der Waals surface area contributed by atoms with Gasteiger partial charge in [-0.25, -0.2) is 0 Å². The number of carbonyl (C=O) groups is 1. The predicted octanol–water partition coefficient (Wildman–Crippen LogP) is 0.0604. The number of hydrogen-bond donors (Lipinski definition) is 2. The second kappa shape index (κ2) is 6.33. The molecule has 1 saturated heterocycles. The van der Waals surface area contributed by atoms with Crippen molar-refractivity contribution in [2.75, 3.05) is 34.2 Å². The SMILES string of the molecule is CN1CCC(C(C(N)CC(=O)O)N(C)C)CC1. The average Bonchev–Trinajstić information content (AvgIpc) is 2.19. The maximum absolute atomic E-state index is 10.8. The van der Waals surface area contributed by atoms with E-state index in [2.05, 4.69) is 16.8 Å². The van der Waals surface area contributed by atoms with E-state index < -0.39 is 5.97 Å². The molecule has 0 saturated carbocycles. The second-order valence-electron chi connectivity index (χ2n) is 5.36. The topological polar surface area (TPSA) is 69.8 Å². The van der Waals surface area contributed by atoms with Crippen LogP contribution in [0.25, 0.3) is 0 Å². The summed E-state index contributed by atoms with van der Waals surface area (Å²) in [6, 6.07) is -0.115. The van der Waals surface area contributed by atoms with Gasteiger partial charge in [0, 0.05) is 12.1 Å². The molecule has 0 aromatic rings. The molecule has 2 unspecified atom stereocenters. The van der Waals surface area contributed by atoms with Gasteiger partial charge in [0.25, 0.3) is 0 Å². The van der Waals surface area contributed by atoms with E-state index in [1.54, 1.807) is 0 Å².